The molecule has 0 aliphatic carbocycles. The summed E-state index contributed by atoms with van der Waals surface area (Å²) in [7, 11) is 0. The third-order valence-electron chi connectivity index (χ3n) is 2.93. The summed E-state index contributed by atoms with van der Waals surface area (Å²) in [6.45, 7) is -1.85. The summed E-state index contributed by atoms with van der Waals surface area (Å²) < 4.78 is 28.3. The fraction of sp³-hybridized carbons (Fsp3) is 0.200. The predicted octanol–water partition coefficient (Wildman–Crippen LogP) is 3.49. The molecule has 0 unspecified atom stereocenters. The molecule has 0 fully saturated rings. The zero-order chi connectivity index (χ0) is 15.9. The molecule has 0 bridgehead atoms. The number of nitro groups is 1. The highest BCUT2D eigenvalue weighted by molar-refractivity contribution is 5.34. The number of ether oxygens (including phenoxy) is 1. The average Bonchev–Trinajstić information content (AvgIpc) is 2.49. The molecule has 22 heavy (non-hydrogen) atoms. The molecule has 0 atom stereocenters. The van der Waals surface area contributed by atoms with E-state index < -0.39 is 11.5 Å². The molecular formula is C15H14F2N2O3. The van der Waals surface area contributed by atoms with Crippen LogP contribution in [0.2, 0.25) is 0 Å². The Balaban J connectivity index is 1.85. The highest BCUT2D eigenvalue weighted by atomic mass is 19.3. The van der Waals surface area contributed by atoms with Crippen LogP contribution in [0.5, 0.6) is 5.75 Å². The van der Waals surface area contributed by atoms with Crippen LogP contribution in [0.4, 0.5) is 14.5 Å². The summed E-state index contributed by atoms with van der Waals surface area (Å²) in [5, 5.41) is 13.8. The molecule has 1 N–H and O–H groups in total. The topological polar surface area (TPSA) is 64.4 Å². The summed E-state index contributed by atoms with van der Waals surface area (Å²) in [6.07, 6.45) is 0. The second-order valence-electron chi connectivity index (χ2n) is 4.55. The van der Waals surface area contributed by atoms with Gasteiger partial charge in [0.1, 0.15) is 5.75 Å². The van der Waals surface area contributed by atoms with Gasteiger partial charge in [0.15, 0.2) is 0 Å². The fourth-order valence-electron chi connectivity index (χ4n) is 1.92. The Morgan fingerprint density at radius 1 is 1.09 bits per heavy atom. The number of rotatable bonds is 7. The molecule has 0 aromatic heterocycles. The largest absolute Gasteiger partial charge is 0.435 e. The summed E-state index contributed by atoms with van der Waals surface area (Å²) in [5.74, 6) is 0.109. The lowest BCUT2D eigenvalue weighted by molar-refractivity contribution is -0.384. The standard InChI is InChI=1S/C15H14F2N2O3/c16-15(17)22-14-6-4-11(5-7-14)9-18-10-12-2-1-3-13(8-12)19(20)21/h1-8,15,18H,9-10H2. The lowest BCUT2D eigenvalue weighted by Gasteiger charge is -2.07. The molecule has 0 amide bonds. The van der Waals surface area contributed by atoms with Gasteiger partial charge in [0.25, 0.3) is 5.69 Å². The smallest absolute Gasteiger partial charge is 0.387 e. The van der Waals surface area contributed by atoms with E-state index in [1.165, 1.54) is 24.3 Å². The molecule has 0 aliphatic heterocycles. The zero-order valence-electron chi connectivity index (χ0n) is 11.5. The molecule has 0 saturated heterocycles. The Morgan fingerprint density at radius 2 is 1.77 bits per heavy atom. The molecule has 2 aromatic carbocycles. The third kappa shape index (κ3) is 4.78. The fourth-order valence-corrected chi connectivity index (χ4v) is 1.92. The molecule has 0 heterocycles. The zero-order valence-corrected chi connectivity index (χ0v) is 11.5. The minimum absolute atomic E-state index is 0.0489. The van der Waals surface area contributed by atoms with Crippen LogP contribution in [0.1, 0.15) is 11.1 Å². The molecular weight excluding hydrogens is 294 g/mol. The van der Waals surface area contributed by atoms with Crippen molar-refractivity contribution in [3.05, 3.63) is 69.8 Å². The number of halogens is 2. The Labute approximate surface area is 125 Å². The molecule has 2 rings (SSSR count). The van der Waals surface area contributed by atoms with Crippen LogP contribution in [0.3, 0.4) is 0 Å². The van der Waals surface area contributed by atoms with Crippen LogP contribution < -0.4 is 10.1 Å². The maximum absolute atomic E-state index is 12.0. The molecule has 116 valence electrons. The van der Waals surface area contributed by atoms with Crippen LogP contribution in [0.15, 0.2) is 48.5 Å². The van der Waals surface area contributed by atoms with Gasteiger partial charge in [-0.1, -0.05) is 24.3 Å². The van der Waals surface area contributed by atoms with Crippen molar-refractivity contribution in [2.24, 2.45) is 0 Å². The molecule has 7 heteroatoms. The highest BCUT2D eigenvalue weighted by Gasteiger charge is 2.06. The van der Waals surface area contributed by atoms with Gasteiger partial charge >= 0.3 is 6.61 Å². The van der Waals surface area contributed by atoms with Crippen molar-refractivity contribution in [2.75, 3.05) is 0 Å². The molecule has 0 saturated carbocycles. The van der Waals surface area contributed by atoms with E-state index in [0.717, 1.165) is 11.1 Å². The van der Waals surface area contributed by atoms with Gasteiger partial charge in [0.05, 0.1) is 4.92 Å². The highest BCUT2D eigenvalue weighted by Crippen LogP contribution is 2.15. The number of hydrogen-bond acceptors (Lipinski definition) is 4. The van der Waals surface area contributed by atoms with E-state index >= 15 is 0 Å². The lowest BCUT2D eigenvalue weighted by atomic mass is 10.2. The first kappa shape index (κ1) is 15.8. The van der Waals surface area contributed by atoms with Crippen LogP contribution >= 0.6 is 0 Å². The van der Waals surface area contributed by atoms with E-state index in [-0.39, 0.29) is 11.4 Å². The molecule has 5 nitrogen and oxygen atoms in total. The van der Waals surface area contributed by atoms with Crippen molar-refractivity contribution in [3.8, 4) is 5.75 Å². The maximum Gasteiger partial charge on any atom is 0.387 e. The first-order chi connectivity index (χ1) is 10.5. The Kier molecular flexibility index (Phi) is 5.37. The summed E-state index contributed by atoms with van der Waals surface area (Å²) in [6, 6.07) is 12.7. The second-order valence-corrected chi connectivity index (χ2v) is 4.55. The van der Waals surface area contributed by atoms with Gasteiger partial charge in [0, 0.05) is 25.2 Å². The van der Waals surface area contributed by atoms with Gasteiger partial charge in [-0.2, -0.15) is 8.78 Å². The van der Waals surface area contributed by atoms with E-state index in [2.05, 4.69) is 10.1 Å². The van der Waals surface area contributed by atoms with Crippen molar-refractivity contribution >= 4 is 5.69 Å². The predicted molar refractivity (Wildman–Crippen MR) is 76.7 cm³/mol. The lowest BCUT2D eigenvalue weighted by Crippen LogP contribution is -2.12. The number of benzene rings is 2. The first-order valence-electron chi connectivity index (χ1n) is 6.52. The van der Waals surface area contributed by atoms with Crippen LogP contribution in [-0.2, 0) is 13.1 Å². The molecule has 2 aromatic rings. The number of hydrogen-bond donors (Lipinski definition) is 1. The molecule has 0 aliphatic rings. The van der Waals surface area contributed by atoms with Crippen molar-refractivity contribution in [2.45, 2.75) is 19.7 Å². The van der Waals surface area contributed by atoms with Crippen LogP contribution in [-0.4, -0.2) is 11.5 Å². The minimum atomic E-state index is -2.84. The number of nitrogens with one attached hydrogen (secondary N) is 1. The van der Waals surface area contributed by atoms with Gasteiger partial charge < -0.3 is 10.1 Å². The van der Waals surface area contributed by atoms with Crippen LogP contribution in [0.25, 0.3) is 0 Å². The van der Waals surface area contributed by atoms with E-state index in [1.54, 1.807) is 24.3 Å². The van der Waals surface area contributed by atoms with Gasteiger partial charge in [0.2, 0.25) is 0 Å². The van der Waals surface area contributed by atoms with Gasteiger partial charge in [-0.25, -0.2) is 0 Å². The number of nitro benzene ring substituents is 1. The van der Waals surface area contributed by atoms with E-state index in [4.69, 9.17) is 0 Å². The van der Waals surface area contributed by atoms with E-state index in [0.29, 0.717) is 13.1 Å². The quantitative estimate of drug-likeness (QED) is 0.628. The normalized spacial score (nSPS) is 10.7. The maximum atomic E-state index is 12.0. The van der Waals surface area contributed by atoms with Gasteiger partial charge in [-0.05, 0) is 23.3 Å². The summed E-state index contributed by atoms with van der Waals surface area (Å²) in [4.78, 5) is 10.2. The van der Waals surface area contributed by atoms with Crippen molar-refractivity contribution in [1.82, 2.24) is 5.32 Å². The van der Waals surface area contributed by atoms with Crippen LogP contribution in [0, 0.1) is 10.1 Å². The Hall–Kier alpha value is -2.54. The molecule has 0 radical (unpaired) electrons. The number of alkyl halides is 2. The SMILES string of the molecule is O=[N+]([O-])c1cccc(CNCc2ccc(OC(F)F)cc2)c1. The second kappa shape index (κ2) is 7.46. The number of non-ortho nitro benzene ring substituents is 1. The van der Waals surface area contributed by atoms with E-state index in [1.807, 2.05) is 0 Å². The van der Waals surface area contributed by atoms with E-state index in [9.17, 15) is 18.9 Å². The minimum Gasteiger partial charge on any atom is -0.435 e. The van der Waals surface area contributed by atoms with Gasteiger partial charge in [-0.3, -0.25) is 10.1 Å². The van der Waals surface area contributed by atoms with Gasteiger partial charge in [-0.15, -0.1) is 0 Å². The first-order valence-corrected chi connectivity index (χ1v) is 6.52. The van der Waals surface area contributed by atoms with Crippen molar-refractivity contribution in [3.63, 3.8) is 0 Å². The monoisotopic (exact) mass is 308 g/mol. The number of nitrogens with zero attached hydrogens (tertiary/aromatic N) is 1. The van der Waals surface area contributed by atoms with Crippen molar-refractivity contribution in [1.29, 1.82) is 0 Å². The average molecular weight is 308 g/mol. The summed E-state index contributed by atoms with van der Waals surface area (Å²) >= 11 is 0. The Morgan fingerprint density at radius 3 is 2.41 bits per heavy atom. The van der Waals surface area contributed by atoms with Crippen molar-refractivity contribution < 1.29 is 18.4 Å². The molecule has 0 spiro atoms. The summed E-state index contributed by atoms with van der Waals surface area (Å²) in [5.41, 5.74) is 1.74. The third-order valence-corrected chi connectivity index (χ3v) is 2.93. The Bertz CT molecular complexity index is 633.